The minimum atomic E-state index is -4.17. The molecule has 0 aromatic heterocycles. The van der Waals surface area contributed by atoms with E-state index < -0.39 is 5.51 Å². The van der Waals surface area contributed by atoms with Crippen molar-refractivity contribution >= 4 is 11.8 Å². The fraction of sp³-hybridized carbons (Fsp3) is 0.400. The van der Waals surface area contributed by atoms with Gasteiger partial charge in [-0.05, 0) is 17.3 Å². The summed E-state index contributed by atoms with van der Waals surface area (Å²) in [6, 6.07) is 9.39. The number of nitrogens with one attached hydrogen (secondary N) is 1. The number of benzene rings is 1. The molecular weight excluding hydrogens is 239 g/mol. The average Bonchev–Trinajstić information content (AvgIpc) is 2.23. The summed E-state index contributed by atoms with van der Waals surface area (Å²) < 4.78 is 35.2. The molecule has 1 rings (SSSR count). The normalized spacial score (nSPS) is 11.7. The Hall–Kier alpha value is -0.720. The lowest BCUT2D eigenvalue weighted by atomic mass is 10.2. The summed E-state index contributed by atoms with van der Waals surface area (Å²) in [4.78, 5) is 5.00. The standard InChI is InChI=1S/C10H12F3NOS/c11-10(12,13)16-7-6-14-15-8-9-4-2-1-3-5-9/h1-5,14H,6-8H2. The van der Waals surface area contributed by atoms with E-state index in [1.54, 1.807) is 0 Å². The summed E-state index contributed by atoms with van der Waals surface area (Å²) in [6.45, 7) is 0.508. The molecule has 0 radical (unpaired) electrons. The first-order valence-corrected chi connectivity index (χ1v) is 5.66. The topological polar surface area (TPSA) is 21.3 Å². The van der Waals surface area contributed by atoms with Crippen molar-refractivity contribution in [3.8, 4) is 0 Å². The second-order valence-corrected chi connectivity index (χ2v) is 4.12. The largest absolute Gasteiger partial charge is 0.441 e. The third-order valence-corrected chi connectivity index (χ3v) is 2.39. The Labute approximate surface area is 96.1 Å². The Morgan fingerprint density at radius 2 is 1.88 bits per heavy atom. The zero-order chi connectivity index (χ0) is 11.9. The van der Waals surface area contributed by atoms with E-state index in [4.69, 9.17) is 4.84 Å². The van der Waals surface area contributed by atoms with Crippen LogP contribution in [0.3, 0.4) is 0 Å². The molecule has 90 valence electrons. The second-order valence-electron chi connectivity index (χ2n) is 2.96. The lowest BCUT2D eigenvalue weighted by Crippen LogP contribution is -2.19. The monoisotopic (exact) mass is 251 g/mol. The molecule has 16 heavy (non-hydrogen) atoms. The van der Waals surface area contributed by atoms with E-state index in [1.807, 2.05) is 30.3 Å². The van der Waals surface area contributed by atoms with E-state index in [1.165, 1.54) is 0 Å². The number of rotatable bonds is 6. The van der Waals surface area contributed by atoms with E-state index in [-0.39, 0.29) is 24.1 Å². The highest BCUT2D eigenvalue weighted by atomic mass is 32.2. The smallest absolute Gasteiger partial charge is 0.297 e. The van der Waals surface area contributed by atoms with Gasteiger partial charge in [-0.1, -0.05) is 30.3 Å². The molecule has 0 bridgehead atoms. The van der Waals surface area contributed by atoms with Crippen LogP contribution in [0.25, 0.3) is 0 Å². The van der Waals surface area contributed by atoms with Gasteiger partial charge in [-0.3, -0.25) is 4.84 Å². The van der Waals surface area contributed by atoms with Crippen LogP contribution in [0.15, 0.2) is 30.3 Å². The lowest BCUT2D eigenvalue weighted by Gasteiger charge is -2.07. The number of hydrogen-bond donors (Lipinski definition) is 1. The molecule has 2 nitrogen and oxygen atoms in total. The Bertz CT molecular complexity index is 292. The molecule has 1 N–H and O–H groups in total. The first-order valence-electron chi connectivity index (χ1n) is 4.67. The highest BCUT2D eigenvalue weighted by Crippen LogP contribution is 2.29. The minimum Gasteiger partial charge on any atom is -0.297 e. The number of alkyl halides is 3. The fourth-order valence-electron chi connectivity index (χ4n) is 0.989. The van der Waals surface area contributed by atoms with Gasteiger partial charge >= 0.3 is 5.51 Å². The van der Waals surface area contributed by atoms with Crippen LogP contribution in [0.1, 0.15) is 5.56 Å². The molecule has 1 aromatic carbocycles. The van der Waals surface area contributed by atoms with Crippen LogP contribution in [0.5, 0.6) is 0 Å². The molecule has 0 saturated heterocycles. The van der Waals surface area contributed by atoms with Crippen LogP contribution in [-0.4, -0.2) is 17.8 Å². The van der Waals surface area contributed by atoms with Crippen molar-refractivity contribution in [2.45, 2.75) is 12.1 Å². The molecule has 0 unspecified atom stereocenters. The van der Waals surface area contributed by atoms with Crippen molar-refractivity contribution in [2.75, 3.05) is 12.3 Å². The van der Waals surface area contributed by atoms with Gasteiger partial charge in [-0.25, -0.2) is 5.48 Å². The van der Waals surface area contributed by atoms with Crippen LogP contribution in [0, 0.1) is 0 Å². The van der Waals surface area contributed by atoms with E-state index in [0.29, 0.717) is 6.61 Å². The van der Waals surface area contributed by atoms with Crippen molar-refractivity contribution in [3.05, 3.63) is 35.9 Å². The van der Waals surface area contributed by atoms with Crippen molar-refractivity contribution in [1.29, 1.82) is 0 Å². The van der Waals surface area contributed by atoms with E-state index in [9.17, 15) is 13.2 Å². The highest BCUT2D eigenvalue weighted by Gasteiger charge is 2.27. The predicted molar refractivity (Wildman–Crippen MR) is 57.7 cm³/mol. The number of hydrogen-bond acceptors (Lipinski definition) is 3. The Morgan fingerprint density at radius 3 is 2.50 bits per heavy atom. The lowest BCUT2D eigenvalue weighted by molar-refractivity contribution is -0.0330. The van der Waals surface area contributed by atoms with E-state index >= 15 is 0 Å². The summed E-state index contributed by atoms with van der Waals surface area (Å²) in [7, 11) is 0. The molecule has 0 atom stereocenters. The van der Waals surface area contributed by atoms with Gasteiger partial charge in [0, 0.05) is 12.3 Å². The van der Waals surface area contributed by atoms with Crippen molar-refractivity contribution in [2.24, 2.45) is 0 Å². The van der Waals surface area contributed by atoms with Crippen LogP contribution >= 0.6 is 11.8 Å². The third-order valence-electron chi connectivity index (χ3n) is 1.65. The molecule has 0 heterocycles. The molecule has 0 fully saturated rings. The van der Waals surface area contributed by atoms with Gasteiger partial charge in [0.25, 0.3) is 0 Å². The zero-order valence-corrected chi connectivity index (χ0v) is 9.27. The van der Waals surface area contributed by atoms with Gasteiger partial charge in [-0.15, -0.1) is 0 Å². The summed E-state index contributed by atoms with van der Waals surface area (Å²) in [6.07, 6.45) is 0. The molecular formula is C10H12F3NOS. The van der Waals surface area contributed by atoms with Gasteiger partial charge in [0.1, 0.15) is 0 Å². The van der Waals surface area contributed by atoms with Crippen molar-refractivity contribution in [1.82, 2.24) is 5.48 Å². The number of thioether (sulfide) groups is 1. The van der Waals surface area contributed by atoms with Gasteiger partial charge in [-0.2, -0.15) is 13.2 Å². The van der Waals surface area contributed by atoms with Crippen LogP contribution in [0.2, 0.25) is 0 Å². The molecule has 0 saturated carbocycles. The van der Waals surface area contributed by atoms with Crippen LogP contribution < -0.4 is 5.48 Å². The number of halogens is 3. The quantitative estimate of drug-likeness (QED) is 0.620. The number of hydroxylamine groups is 1. The molecule has 6 heteroatoms. The van der Waals surface area contributed by atoms with Gasteiger partial charge in [0.05, 0.1) is 6.61 Å². The Kier molecular flexibility index (Phi) is 5.65. The van der Waals surface area contributed by atoms with E-state index in [0.717, 1.165) is 5.56 Å². The first-order chi connectivity index (χ1) is 7.58. The highest BCUT2D eigenvalue weighted by molar-refractivity contribution is 8.00. The molecule has 0 spiro atoms. The van der Waals surface area contributed by atoms with E-state index in [2.05, 4.69) is 5.48 Å². The summed E-state index contributed by atoms with van der Waals surface area (Å²) in [5, 5.41) is 0. The maximum Gasteiger partial charge on any atom is 0.441 e. The predicted octanol–water partition coefficient (Wildman–Crippen LogP) is 2.96. The van der Waals surface area contributed by atoms with Crippen molar-refractivity contribution < 1.29 is 18.0 Å². The van der Waals surface area contributed by atoms with Gasteiger partial charge in [0.2, 0.25) is 0 Å². The van der Waals surface area contributed by atoms with Gasteiger partial charge < -0.3 is 0 Å². The van der Waals surface area contributed by atoms with Crippen LogP contribution in [-0.2, 0) is 11.4 Å². The third kappa shape index (κ3) is 6.71. The maximum atomic E-state index is 11.7. The SMILES string of the molecule is FC(F)(F)SCCNOCc1ccccc1. The Balaban J connectivity index is 2.01. The molecule has 1 aromatic rings. The summed E-state index contributed by atoms with van der Waals surface area (Å²) in [5.41, 5.74) is -0.709. The van der Waals surface area contributed by atoms with Crippen molar-refractivity contribution in [3.63, 3.8) is 0 Å². The second kappa shape index (κ2) is 6.78. The average molecular weight is 251 g/mol. The first kappa shape index (κ1) is 13.3. The molecule has 0 amide bonds. The zero-order valence-electron chi connectivity index (χ0n) is 8.46. The molecule has 0 aliphatic heterocycles. The fourth-order valence-corrected chi connectivity index (χ4v) is 1.41. The van der Waals surface area contributed by atoms with Gasteiger partial charge in [0.15, 0.2) is 0 Å². The molecule has 0 aliphatic carbocycles. The van der Waals surface area contributed by atoms with Crippen LogP contribution in [0.4, 0.5) is 13.2 Å². The summed E-state index contributed by atoms with van der Waals surface area (Å²) >= 11 is -0.0627. The Morgan fingerprint density at radius 1 is 1.19 bits per heavy atom. The maximum absolute atomic E-state index is 11.7. The summed E-state index contributed by atoms with van der Waals surface area (Å²) in [5.74, 6) is -0.0573. The molecule has 0 aliphatic rings. The minimum absolute atomic E-state index is 0.0573.